The first-order valence-electron chi connectivity index (χ1n) is 5.64. The Morgan fingerprint density at radius 1 is 1.44 bits per heavy atom. The largest absolute Gasteiger partial charge is 0.480 e. The van der Waals surface area contributed by atoms with Crippen molar-refractivity contribution in [3.8, 4) is 0 Å². The molecule has 0 radical (unpaired) electrons. The molecule has 0 spiro atoms. The fourth-order valence-electron chi connectivity index (χ4n) is 2.15. The van der Waals surface area contributed by atoms with Crippen LogP contribution >= 0.6 is 11.8 Å². The van der Waals surface area contributed by atoms with E-state index in [0.717, 1.165) is 17.7 Å². The van der Waals surface area contributed by atoms with E-state index in [0.29, 0.717) is 12.8 Å². The molecule has 1 fully saturated rings. The van der Waals surface area contributed by atoms with Gasteiger partial charge in [0.05, 0.1) is 4.92 Å². The molecule has 0 aliphatic carbocycles. The highest BCUT2D eigenvalue weighted by molar-refractivity contribution is 8.01. The van der Waals surface area contributed by atoms with E-state index in [1.807, 2.05) is 0 Å². The number of benzene rings is 1. The maximum atomic E-state index is 11.4. The molecule has 6 heteroatoms. The van der Waals surface area contributed by atoms with Crippen molar-refractivity contribution < 1.29 is 14.8 Å². The van der Waals surface area contributed by atoms with Crippen molar-refractivity contribution in [1.29, 1.82) is 0 Å². The van der Waals surface area contributed by atoms with Crippen LogP contribution in [0.5, 0.6) is 0 Å². The van der Waals surface area contributed by atoms with Crippen LogP contribution in [0, 0.1) is 10.1 Å². The van der Waals surface area contributed by atoms with E-state index < -0.39 is 15.6 Å². The van der Waals surface area contributed by atoms with Crippen LogP contribution < -0.4 is 0 Å². The molecule has 18 heavy (non-hydrogen) atoms. The second-order valence-electron chi connectivity index (χ2n) is 4.35. The lowest BCUT2D eigenvalue weighted by Crippen LogP contribution is -2.34. The predicted octanol–water partition coefficient (Wildman–Crippen LogP) is 2.49. The SMILES string of the molecule is O=C(O)C1(Cc2ccc([N+](=O)[O-])cc2)CCCS1. The summed E-state index contributed by atoms with van der Waals surface area (Å²) in [5.41, 5.74) is 0.861. The normalized spacial score (nSPS) is 22.9. The van der Waals surface area contributed by atoms with Crippen LogP contribution in [0.3, 0.4) is 0 Å². The van der Waals surface area contributed by atoms with Crippen molar-refractivity contribution in [2.75, 3.05) is 5.75 Å². The predicted molar refractivity (Wildman–Crippen MR) is 68.9 cm³/mol. The van der Waals surface area contributed by atoms with Crippen LogP contribution in [-0.4, -0.2) is 26.5 Å². The van der Waals surface area contributed by atoms with E-state index in [1.165, 1.54) is 23.9 Å². The van der Waals surface area contributed by atoms with Gasteiger partial charge in [-0.25, -0.2) is 0 Å². The second-order valence-corrected chi connectivity index (χ2v) is 5.83. The molecule has 1 aromatic rings. The Kier molecular flexibility index (Phi) is 3.56. The zero-order valence-corrected chi connectivity index (χ0v) is 10.5. The monoisotopic (exact) mass is 267 g/mol. The Labute approximate surface area is 108 Å². The number of rotatable bonds is 4. The second kappa shape index (κ2) is 4.97. The van der Waals surface area contributed by atoms with Gasteiger partial charge in [0.2, 0.25) is 0 Å². The van der Waals surface area contributed by atoms with E-state index in [1.54, 1.807) is 12.1 Å². The van der Waals surface area contributed by atoms with Gasteiger partial charge < -0.3 is 5.11 Å². The minimum Gasteiger partial charge on any atom is -0.480 e. The highest BCUT2D eigenvalue weighted by atomic mass is 32.2. The Morgan fingerprint density at radius 3 is 2.56 bits per heavy atom. The fourth-order valence-corrected chi connectivity index (χ4v) is 3.51. The van der Waals surface area contributed by atoms with Crippen molar-refractivity contribution >= 4 is 23.4 Å². The maximum Gasteiger partial charge on any atom is 0.320 e. The molecule has 5 nitrogen and oxygen atoms in total. The molecule has 1 N–H and O–H groups in total. The van der Waals surface area contributed by atoms with Crippen LogP contribution in [0.25, 0.3) is 0 Å². The van der Waals surface area contributed by atoms with Crippen molar-refractivity contribution in [2.24, 2.45) is 0 Å². The molecule has 1 aliphatic heterocycles. The highest BCUT2D eigenvalue weighted by Gasteiger charge is 2.42. The number of thioether (sulfide) groups is 1. The summed E-state index contributed by atoms with van der Waals surface area (Å²) in [4.78, 5) is 21.5. The summed E-state index contributed by atoms with van der Waals surface area (Å²) in [6, 6.07) is 6.12. The third kappa shape index (κ3) is 2.48. The van der Waals surface area contributed by atoms with Gasteiger partial charge >= 0.3 is 5.97 Å². The molecular formula is C12H13NO4S. The van der Waals surface area contributed by atoms with Gasteiger partial charge in [-0.2, -0.15) is 0 Å². The number of nitro benzene ring substituents is 1. The molecule has 0 amide bonds. The van der Waals surface area contributed by atoms with Crippen LogP contribution in [0.1, 0.15) is 18.4 Å². The van der Waals surface area contributed by atoms with Crippen LogP contribution in [0.15, 0.2) is 24.3 Å². The summed E-state index contributed by atoms with van der Waals surface area (Å²) in [6.07, 6.45) is 1.99. The molecular weight excluding hydrogens is 254 g/mol. The number of nitrogens with zero attached hydrogens (tertiary/aromatic N) is 1. The molecule has 1 aliphatic rings. The first kappa shape index (κ1) is 12.9. The van der Waals surface area contributed by atoms with Gasteiger partial charge in [0.25, 0.3) is 5.69 Å². The number of carboxylic acids is 1. The van der Waals surface area contributed by atoms with E-state index >= 15 is 0 Å². The average Bonchev–Trinajstić information content (AvgIpc) is 2.79. The highest BCUT2D eigenvalue weighted by Crippen LogP contribution is 2.41. The van der Waals surface area contributed by atoms with E-state index in [2.05, 4.69) is 0 Å². The molecule has 1 unspecified atom stereocenters. The van der Waals surface area contributed by atoms with E-state index in [4.69, 9.17) is 0 Å². The zero-order chi connectivity index (χ0) is 13.2. The zero-order valence-electron chi connectivity index (χ0n) is 9.67. The van der Waals surface area contributed by atoms with Gasteiger partial charge in [-0.1, -0.05) is 12.1 Å². The number of aliphatic carboxylic acids is 1. The van der Waals surface area contributed by atoms with E-state index in [-0.39, 0.29) is 5.69 Å². The van der Waals surface area contributed by atoms with Crippen molar-refractivity contribution in [3.05, 3.63) is 39.9 Å². The topological polar surface area (TPSA) is 80.4 Å². The number of hydrogen-bond donors (Lipinski definition) is 1. The van der Waals surface area contributed by atoms with Gasteiger partial charge in [-0.3, -0.25) is 14.9 Å². The van der Waals surface area contributed by atoms with Crippen LogP contribution in [-0.2, 0) is 11.2 Å². The summed E-state index contributed by atoms with van der Waals surface area (Å²) in [6.45, 7) is 0. The number of carbonyl (C=O) groups is 1. The number of hydrogen-bond acceptors (Lipinski definition) is 4. The molecule has 1 aromatic carbocycles. The number of non-ortho nitro benzene ring substituents is 1. The molecule has 96 valence electrons. The van der Waals surface area contributed by atoms with Crippen molar-refractivity contribution in [1.82, 2.24) is 0 Å². The Bertz CT molecular complexity index is 465. The molecule has 1 heterocycles. The summed E-state index contributed by atoms with van der Waals surface area (Å²) in [5, 5.41) is 19.9. The molecule has 0 aromatic heterocycles. The lowest BCUT2D eigenvalue weighted by molar-refractivity contribution is -0.384. The third-order valence-electron chi connectivity index (χ3n) is 3.13. The van der Waals surface area contributed by atoms with Crippen molar-refractivity contribution in [2.45, 2.75) is 24.0 Å². The fraction of sp³-hybridized carbons (Fsp3) is 0.417. The first-order chi connectivity index (χ1) is 8.53. The smallest absolute Gasteiger partial charge is 0.320 e. The Morgan fingerprint density at radius 2 is 2.11 bits per heavy atom. The first-order valence-corrected chi connectivity index (χ1v) is 6.63. The lowest BCUT2D eigenvalue weighted by Gasteiger charge is -2.22. The maximum absolute atomic E-state index is 11.4. The quantitative estimate of drug-likeness (QED) is 0.669. The lowest BCUT2D eigenvalue weighted by atomic mass is 9.94. The van der Waals surface area contributed by atoms with Crippen molar-refractivity contribution in [3.63, 3.8) is 0 Å². The van der Waals surface area contributed by atoms with E-state index in [9.17, 15) is 20.0 Å². The van der Waals surface area contributed by atoms with Crippen LogP contribution in [0.2, 0.25) is 0 Å². The standard InChI is InChI=1S/C12H13NO4S/c14-11(15)12(6-1-7-18-12)8-9-2-4-10(5-3-9)13(16)17/h2-5H,1,6-8H2,(H,14,15). The summed E-state index contributed by atoms with van der Waals surface area (Å²) >= 11 is 1.47. The van der Waals surface area contributed by atoms with Gasteiger partial charge in [-0.05, 0) is 30.6 Å². The molecule has 0 bridgehead atoms. The third-order valence-corrected chi connectivity index (χ3v) is 4.70. The number of carboxylic acid groups (broad SMARTS) is 1. The van der Waals surface area contributed by atoms with Gasteiger partial charge in [0, 0.05) is 12.1 Å². The average molecular weight is 267 g/mol. The molecule has 1 saturated heterocycles. The summed E-state index contributed by atoms with van der Waals surface area (Å²) < 4.78 is -0.754. The minimum absolute atomic E-state index is 0.0298. The summed E-state index contributed by atoms with van der Waals surface area (Å²) in [7, 11) is 0. The molecule has 2 rings (SSSR count). The Hall–Kier alpha value is -1.56. The van der Waals surface area contributed by atoms with Crippen LogP contribution in [0.4, 0.5) is 5.69 Å². The summed E-state index contributed by atoms with van der Waals surface area (Å²) in [5.74, 6) is 0.0718. The van der Waals surface area contributed by atoms with Gasteiger partial charge in [0.1, 0.15) is 4.75 Å². The minimum atomic E-state index is -0.789. The van der Waals surface area contributed by atoms with Gasteiger partial charge in [0.15, 0.2) is 0 Å². The number of nitro groups is 1. The molecule has 0 saturated carbocycles. The molecule has 1 atom stereocenters. The van der Waals surface area contributed by atoms with Gasteiger partial charge in [-0.15, -0.1) is 11.8 Å². The Balaban J connectivity index is 2.17.